The Morgan fingerprint density at radius 2 is 2.10 bits per heavy atom. The Bertz CT molecular complexity index is 802. The standard InChI is InChI=1S/C13H13Cl2N3O2S/c14-10-3-1-2-9(13(10)15)11-6-12(16)18(17-11)8-4-5-21(19,20)7-8/h1-3,6,8H,4-5,7,16H2. The minimum atomic E-state index is -2.99. The van der Waals surface area contributed by atoms with E-state index in [1.807, 2.05) is 0 Å². The fourth-order valence-electron chi connectivity index (χ4n) is 2.50. The smallest absolute Gasteiger partial charge is 0.152 e. The Balaban J connectivity index is 2.01. The highest BCUT2D eigenvalue weighted by molar-refractivity contribution is 7.91. The van der Waals surface area contributed by atoms with E-state index in [4.69, 9.17) is 28.9 Å². The second-order valence-electron chi connectivity index (χ2n) is 5.06. The van der Waals surface area contributed by atoms with Crippen molar-refractivity contribution in [3.63, 3.8) is 0 Å². The lowest BCUT2D eigenvalue weighted by Crippen LogP contribution is -2.14. The lowest BCUT2D eigenvalue weighted by atomic mass is 10.1. The summed E-state index contributed by atoms with van der Waals surface area (Å²) in [6, 6.07) is 6.73. The van der Waals surface area contributed by atoms with Gasteiger partial charge in [-0.3, -0.25) is 0 Å². The molecule has 0 radical (unpaired) electrons. The Morgan fingerprint density at radius 1 is 1.33 bits per heavy atom. The molecule has 2 heterocycles. The number of hydrogen-bond donors (Lipinski definition) is 1. The van der Waals surface area contributed by atoms with Crippen molar-refractivity contribution in [2.75, 3.05) is 17.2 Å². The molecule has 3 rings (SSSR count). The van der Waals surface area contributed by atoms with E-state index in [0.717, 1.165) is 0 Å². The summed E-state index contributed by atoms with van der Waals surface area (Å²) in [4.78, 5) is 0. The second kappa shape index (κ2) is 5.19. The lowest BCUT2D eigenvalue weighted by molar-refractivity contribution is 0.508. The number of sulfone groups is 1. The summed E-state index contributed by atoms with van der Waals surface area (Å²) in [6.07, 6.45) is 0.525. The highest BCUT2D eigenvalue weighted by atomic mass is 35.5. The third-order valence-electron chi connectivity index (χ3n) is 3.55. The van der Waals surface area contributed by atoms with Crippen molar-refractivity contribution in [3.05, 3.63) is 34.3 Å². The van der Waals surface area contributed by atoms with Crippen molar-refractivity contribution in [2.45, 2.75) is 12.5 Å². The van der Waals surface area contributed by atoms with Crippen LogP contribution in [0.3, 0.4) is 0 Å². The molecule has 0 saturated carbocycles. The van der Waals surface area contributed by atoms with Crippen molar-refractivity contribution in [1.29, 1.82) is 0 Å². The third-order valence-corrected chi connectivity index (χ3v) is 6.12. The minimum Gasteiger partial charge on any atom is -0.384 e. The molecule has 0 spiro atoms. The largest absolute Gasteiger partial charge is 0.384 e. The highest BCUT2D eigenvalue weighted by Crippen LogP contribution is 2.35. The average Bonchev–Trinajstić information content (AvgIpc) is 2.95. The molecule has 21 heavy (non-hydrogen) atoms. The predicted octanol–water partition coefficient (Wildman–Crippen LogP) is 2.80. The quantitative estimate of drug-likeness (QED) is 0.907. The molecule has 8 heteroatoms. The number of benzene rings is 1. The van der Waals surface area contributed by atoms with Crippen LogP contribution in [0.4, 0.5) is 5.82 Å². The summed E-state index contributed by atoms with van der Waals surface area (Å²) >= 11 is 12.2. The van der Waals surface area contributed by atoms with E-state index in [0.29, 0.717) is 33.5 Å². The SMILES string of the molecule is Nc1cc(-c2cccc(Cl)c2Cl)nn1C1CCS(=O)(=O)C1. The van der Waals surface area contributed by atoms with Gasteiger partial charge < -0.3 is 5.73 Å². The molecule has 1 fully saturated rings. The second-order valence-corrected chi connectivity index (χ2v) is 8.07. The van der Waals surface area contributed by atoms with Crippen LogP contribution in [0.25, 0.3) is 11.3 Å². The fourth-order valence-corrected chi connectivity index (χ4v) is 4.59. The first-order valence-electron chi connectivity index (χ1n) is 6.37. The molecule has 0 amide bonds. The zero-order chi connectivity index (χ0) is 15.2. The van der Waals surface area contributed by atoms with Crippen molar-refractivity contribution in [2.24, 2.45) is 0 Å². The van der Waals surface area contributed by atoms with Crippen molar-refractivity contribution >= 4 is 38.9 Å². The first-order valence-corrected chi connectivity index (χ1v) is 8.95. The van der Waals surface area contributed by atoms with E-state index < -0.39 is 9.84 Å². The molecule has 1 atom stereocenters. The van der Waals surface area contributed by atoms with Gasteiger partial charge in [-0.1, -0.05) is 35.3 Å². The van der Waals surface area contributed by atoms with Crippen LogP contribution in [0.1, 0.15) is 12.5 Å². The molecule has 1 aromatic carbocycles. The summed E-state index contributed by atoms with van der Waals surface area (Å²) in [5.74, 6) is 0.661. The Labute approximate surface area is 132 Å². The van der Waals surface area contributed by atoms with Gasteiger partial charge >= 0.3 is 0 Å². The van der Waals surface area contributed by atoms with E-state index in [1.165, 1.54) is 0 Å². The van der Waals surface area contributed by atoms with E-state index in [-0.39, 0.29) is 17.5 Å². The van der Waals surface area contributed by atoms with Gasteiger partial charge in [0, 0.05) is 11.6 Å². The van der Waals surface area contributed by atoms with Crippen LogP contribution in [0.15, 0.2) is 24.3 Å². The van der Waals surface area contributed by atoms with Gasteiger partial charge in [0.05, 0.1) is 33.3 Å². The fraction of sp³-hybridized carbons (Fsp3) is 0.308. The zero-order valence-corrected chi connectivity index (χ0v) is 13.3. The molecule has 1 aliphatic heterocycles. The molecule has 0 aliphatic carbocycles. The summed E-state index contributed by atoms with van der Waals surface area (Å²) in [6.45, 7) is 0. The molecule has 112 valence electrons. The van der Waals surface area contributed by atoms with Gasteiger partial charge in [0.15, 0.2) is 9.84 Å². The maximum absolute atomic E-state index is 11.6. The third kappa shape index (κ3) is 2.75. The Kier molecular flexibility index (Phi) is 3.63. The number of anilines is 1. The van der Waals surface area contributed by atoms with Crippen LogP contribution in [-0.2, 0) is 9.84 Å². The Hall–Kier alpha value is -1.24. The van der Waals surface area contributed by atoms with Gasteiger partial charge in [0.1, 0.15) is 5.82 Å². The van der Waals surface area contributed by atoms with Crippen LogP contribution in [0.5, 0.6) is 0 Å². The van der Waals surface area contributed by atoms with E-state index >= 15 is 0 Å². The van der Waals surface area contributed by atoms with Gasteiger partial charge in [-0.05, 0) is 12.5 Å². The number of rotatable bonds is 2. The van der Waals surface area contributed by atoms with Crippen LogP contribution in [0.2, 0.25) is 10.0 Å². The average molecular weight is 346 g/mol. The van der Waals surface area contributed by atoms with Crippen molar-refractivity contribution in [1.82, 2.24) is 9.78 Å². The van der Waals surface area contributed by atoms with Gasteiger partial charge in [-0.2, -0.15) is 5.10 Å². The number of hydrogen-bond acceptors (Lipinski definition) is 4. The summed E-state index contributed by atoms with van der Waals surface area (Å²) in [5.41, 5.74) is 7.23. The Morgan fingerprint density at radius 3 is 2.76 bits per heavy atom. The van der Waals surface area contributed by atoms with Crippen LogP contribution < -0.4 is 5.73 Å². The van der Waals surface area contributed by atoms with E-state index in [1.54, 1.807) is 28.9 Å². The first-order chi connectivity index (χ1) is 9.87. The molecule has 1 aliphatic rings. The van der Waals surface area contributed by atoms with Gasteiger partial charge in [0.2, 0.25) is 0 Å². The number of nitrogens with two attached hydrogens (primary N) is 1. The van der Waals surface area contributed by atoms with Crippen LogP contribution in [-0.4, -0.2) is 29.7 Å². The van der Waals surface area contributed by atoms with E-state index in [9.17, 15) is 8.42 Å². The molecule has 1 aromatic heterocycles. The maximum Gasteiger partial charge on any atom is 0.152 e. The molecule has 0 bridgehead atoms. The van der Waals surface area contributed by atoms with E-state index in [2.05, 4.69) is 5.10 Å². The van der Waals surface area contributed by atoms with Crippen molar-refractivity contribution < 1.29 is 8.42 Å². The topological polar surface area (TPSA) is 78.0 Å². The molecule has 1 unspecified atom stereocenters. The van der Waals surface area contributed by atoms with Crippen LogP contribution in [0, 0.1) is 0 Å². The maximum atomic E-state index is 11.6. The number of aromatic nitrogens is 2. The summed E-state index contributed by atoms with van der Waals surface area (Å²) in [7, 11) is -2.99. The monoisotopic (exact) mass is 345 g/mol. The number of nitrogens with zero attached hydrogens (tertiary/aromatic N) is 2. The van der Waals surface area contributed by atoms with Gasteiger partial charge in [0.25, 0.3) is 0 Å². The van der Waals surface area contributed by atoms with Gasteiger partial charge in [-0.25, -0.2) is 13.1 Å². The number of nitrogen functional groups attached to an aromatic ring is 1. The normalized spacial score (nSPS) is 20.8. The molecule has 1 saturated heterocycles. The molecular weight excluding hydrogens is 333 g/mol. The lowest BCUT2D eigenvalue weighted by Gasteiger charge is -2.10. The summed E-state index contributed by atoms with van der Waals surface area (Å²) < 4.78 is 24.7. The summed E-state index contributed by atoms with van der Waals surface area (Å²) in [5, 5.41) is 5.25. The van der Waals surface area contributed by atoms with Gasteiger partial charge in [-0.15, -0.1) is 0 Å². The minimum absolute atomic E-state index is 0.0710. The number of halogens is 2. The molecule has 5 nitrogen and oxygen atoms in total. The molecule has 2 aromatic rings. The van der Waals surface area contributed by atoms with Crippen LogP contribution >= 0.6 is 23.2 Å². The molecule has 2 N–H and O–H groups in total. The van der Waals surface area contributed by atoms with Crippen molar-refractivity contribution in [3.8, 4) is 11.3 Å². The first kappa shape index (κ1) is 14.7. The predicted molar refractivity (Wildman–Crippen MR) is 84.4 cm³/mol. The highest BCUT2D eigenvalue weighted by Gasteiger charge is 2.31. The zero-order valence-electron chi connectivity index (χ0n) is 11.0. The molecular formula is C13H13Cl2N3O2S.